The first-order chi connectivity index (χ1) is 19.8. The summed E-state index contributed by atoms with van der Waals surface area (Å²) in [5.74, 6) is -2.37. The summed E-state index contributed by atoms with van der Waals surface area (Å²) >= 11 is 0. The Labute approximate surface area is 232 Å². The molecule has 1 atom stereocenters. The van der Waals surface area contributed by atoms with Crippen LogP contribution in [-0.4, -0.2) is 43.1 Å². The van der Waals surface area contributed by atoms with Crippen LogP contribution in [0.5, 0.6) is 11.5 Å². The molecule has 208 valence electrons. The molecule has 9 nitrogen and oxygen atoms in total. The van der Waals surface area contributed by atoms with Gasteiger partial charge in [0.1, 0.15) is 58.4 Å². The van der Waals surface area contributed by atoms with E-state index in [9.17, 15) is 18.8 Å². The number of benzene rings is 2. The monoisotopic (exact) mass is 559 g/mol. The summed E-state index contributed by atoms with van der Waals surface area (Å²) in [6.07, 6.45) is 6.48. The smallest absolute Gasteiger partial charge is 0.264 e. The molecular weight excluding hydrogens is 535 g/mol. The van der Waals surface area contributed by atoms with Gasteiger partial charge in [0.2, 0.25) is 0 Å². The highest BCUT2D eigenvalue weighted by Gasteiger charge is 2.33. The molecular formula is C29H24F3N7O2. The van der Waals surface area contributed by atoms with Crippen LogP contribution in [0.2, 0.25) is 0 Å². The molecule has 2 aromatic heterocycles. The molecule has 3 heterocycles. The van der Waals surface area contributed by atoms with Gasteiger partial charge in [-0.25, -0.2) is 27.8 Å². The van der Waals surface area contributed by atoms with Crippen molar-refractivity contribution in [3.8, 4) is 28.8 Å². The molecule has 0 unspecified atom stereocenters. The first kappa shape index (κ1) is 26.3. The molecule has 1 saturated heterocycles. The summed E-state index contributed by atoms with van der Waals surface area (Å²) in [5.41, 5.74) is 6.99. The molecule has 1 saturated carbocycles. The molecule has 0 spiro atoms. The number of nitrogens with zero attached hydrogens (tertiary/aromatic N) is 6. The van der Waals surface area contributed by atoms with Crippen LogP contribution < -0.4 is 10.5 Å². The number of aromatic nitrogens is 4. The molecule has 0 bridgehead atoms. The number of amides is 1. The van der Waals surface area contributed by atoms with Crippen molar-refractivity contribution in [2.45, 2.75) is 38.3 Å². The highest BCUT2D eigenvalue weighted by molar-refractivity contribution is 5.99. The van der Waals surface area contributed by atoms with Crippen molar-refractivity contribution in [2.75, 3.05) is 12.3 Å². The van der Waals surface area contributed by atoms with Gasteiger partial charge in [-0.1, -0.05) is 6.08 Å². The largest absolute Gasteiger partial charge is 0.457 e. The van der Waals surface area contributed by atoms with Crippen LogP contribution in [-0.2, 0) is 11.3 Å². The normalized spacial score (nSPS) is 17.2. The number of ether oxygens (including phenoxy) is 1. The molecule has 12 heteroatoms. The van der Waals surface area contributed by atoms with Gasteiger partial charge in [-0.2, -0.15) is 10.4 Å². The Kier molecular flexibility index (Phi) is 6.78. The average Bonchev–Trinajstić information content (AvgIpc) is 3.51. The fourth-order valence-electron chi connectivity index (χ4n) is 5.12. The summed E-state index contributed by atoms with van der Waals surface area (Å²) in [5, 5.41) is 14.5. The van der Waals surface area contributed by atoms with Crippen molar-refractivity contribution in [3.05, 3.63) is 71.8 Å². The number of allylic oxidation sites excluding steroid dienone is 1. The Bertz CT molecular complexity index is 1720. The number of carbonyl (C=O) groups is 1. The average molecular weight is 560 g/mol. The summed E-state index contributed by atoms with van der Waals surface area (Å²) in [6.45, 7) is 0.774. The van der Waals surface area contributed by atoms with Gasteiger partial charge in [-0.15, -0.1) is 0 Å². The van der Waals surface area contributed by atoms with Gasteiger partial charge < -0.3 is 15.4 Å². The van der Waals surface area contributed by atoms with Crippen LogP contribution in [0.25, 0.3) is 22.3 Å². The van der Waals surface area contributed by atoms with E-state index in [4.69, 9.17) is 10.5 Å². The summed E-state index contributed by atoms with van der Waals surface area (Å²) < 4.78 is 49.5. The third-order valence-corrected chi connectivity index (χ3v) is 7.22. The fraction of sp³-hybridized carbons (Fsp3) is 0.276. The zero-order valence-corrected chi connectivity index (χ0v) is 21.7. The van der Waals surface area contributed by atoms with Gasteiger partial charge in [0.25, 0.3) is 5.91 Å². The Balaban J connectivity index is 1.31. The van der Waals surface area contributed by atoms with Crippen LogP contribution in [0.4, 0.5) is 19.0 Å². The highest BCUT2D eigenvalue weighted by atomic mass is 19.1. The minimum Gasteiger partial charge on any atom is -0.457 e. The van der Waals surface area contributed by atoms with E-state index in [1.807, 2.05) is 6.07 Å². The molecule has 6 rings (SSSR count). The zero-order valence-electron chi connectivity index (χ0n) is 21.7. The number of hydrogen-bond acceptors (Lipinski definition) is 7. The van der Waals surface area contributed by atoms with Gasteiger partial charge in [-0.3, -0.25) is 4.79 Å². The van der Waals surface area contributed by atoms with Crippen LogP contribution in [0.3, 0.4) is 0 Å². The minimum absolute atomic E-state index is 0.0249. The Morgan fingerprint density at radius 1 is 1.10 bits per heavy atom. The molecule has 2 aromatic carbocycles. The first-order valence-electron chi connectivity index (χ1n) is 13.1. The van der Waals surface area contributed by atoms with Gasteiger partial charge in [-0.05, 0) is 43.7 Å². The van der Waals surface area contributed by atoms with Crippen LogP contribution in [0.15, 0.2) is 54.4 Å². The predicted molar refractivity (Wildman–Crippen MR) is 143 cm³/mol. The number of hydrogen-bond donors (Lipinski definition) is 1. The number of nitrogens with two attached hydrogens (primary N) is 1. The molecule has 1 aliphatic carbocycles. The van der Waals surface area contributed by atoms with E-state index in [2.05, 4.69) is 15.1 Å². The Hall–Kier alpha value is -4.92. The number of likely N-dealkylation sites (tertiary alicyclic amines) is 1. The summed E-state index contributed by atoms with van der Waals surface area (Å²) in [7, 11) is 0. The number of carbonyl (C=O) groups excluding carboxylic acids is 1. The van der Waals surface area contributed by atoms with Crippen LogP contribution in [0.1, 0.15) is 25.7 Å². The Morgan fingerprint density at radius 3 is 2.59 bits per heavy atom. The van der Waals surface area contributed by atoms with E-state index in [1.54, 1.807) is 15.7 Å². The molecule has 0 radical (unpaired) electrons. The van der Waals surface area contributed by atoms with Crippen molar-refractivity contribution in [3.63, 3.8) is 0 Å². The molecule has 41 heavy (non-hydrogen) atoms. The van der Waals surface area contributed by atoms with Gasteiger partial charge >= 0.3 is 0 Å². The van der Waals surface area contributed by atoms with E-state index in [-0.39, 0.29) is 58.6 Å². The van der Waals surface area contributed by atoms with Crippen molar-refractivity contribution in [1.29, 1.82) is 5.26 Å². The second-order valence-electron chi connectivity index (χ2n) is 10.2. The molecule has 2 aliphatic rings. The van der Waals surface area contributed by atoms with Crippen LogP contribution >= 0.6 is 0 Å². The van der Waals surface area contributed by atoms with E-state index in [0.717, 1.165) is 37.5 Å². The standard InChI is InChI=1S/C29H24F3N7O2/c30-18-9-19(31)11-22(10-18)41-21-5-6-23(24(32)12-21)26-25-27(34)35-15-36-28(25)39(37-26)14-20-2-1-7-38(20)29(40)17(13-33)8-16-3-4-16/h5-6,8-12,15-16,20H,1-4,7,14H2,(H2,34,35,36)/b17-8+/t20-/m0/s1. The van der Waals surface area contributed by atoms with Crippen molar-refractivity contribution >= 4 is 22.8 Å². The number of fused-ring (bicyclic) bond motifs is 1. The van der Waals surface area contributed by atoms with E-state index >= 15 is 4.39 Å². The molecule has 2 N–H and O–H groups in total. The maximum absolute atomic E-state index is 15.4. The van der Waals surface area contributed by atoms with E-state index in [1.165, 1.54) is 18.5 Å². The minimum atomic E-state index is -0.824. The molecule has 2 fully saturated rings. The number of anilines is 1. The summed E-state index contributed by atoms with van der Waals surface area (Å²) in [4.78, 5) is 23.3. The lowest BCUT2D eigenvalue weighted by Gasteiger charge is -2.24. The second kappa shape index (κ2) is 10.6. The quantitative estimate of drug-likeness (QED) is 0.246. The van der Waals surface area contributed by atoms with Crippen molar-refractivity contribution in [1.82, 2.24) is 24.6 Å². The molecule has 4 aromatic rings. The number of nitriles is 1. The number of nitrogen functional groups attached to an aromatic ring is 1. The molecule has 1 aliphatic heterocycles. The fourth-order valence-corrected chi connectivity index (χ4v) is 5.12. The molecule has 1 amide bonds. The lowest BCUT2D eigenvalue weighted by molar-refractivity contribution is -0.127. The lowest BCUT2D eigenvalue weighted by atomic mass is 10.1. The number of rotatable bonds is 7. The Morgan fingerprint density at radius 2 is 1.88 bits per heavy atom. The third-order valence-electron chi connectivity index (χ3n) is 7.22. The predicted octanol–water partition coefficient (Wildman–Crippen LogP) is 5.14. The van der Waals surface area contributed by atoms with Crippen molar-refractivity contribution in [2.24, 2.45) is 5.92 Å². The van der Waals surface area contributed by atoms with E-state index < -0.39 is 17.5 Å². The second-order valence-corrected chi connectivity index (χ2v) is 10.2. The zero-order chi connectivity index (χ0) is 28.7. The first-order valence-corrected chi connectivity index (χ1v) is 13.1. The van der Waals surface area contributed by atoms with Gasteiger partial charge in [0.05, 0.1) is 18.0 Å². The number of halogens is 3. The maximum Gasteiger partial charge on any atom is 0.264 e. The van der Waals surface area contributed by atoms with Crippen molar-refractivity contribution < 1.29 is 22.7 Å². The van der Waals surface area contributed by atoms with Crippen LogP contribution in [0, 0.1) is 34.7 Å². The van der Waals surface area contributed by atoms with E-state index in [0.29, 0.717) is 30.1 Å². The SMILES string of the molecule is N#C/C(=C\C1CC1)C(=O)N1CCC[C@H]1Cn1nc(-c2ccc(Oc3cc(F)cc(F)c3)cc2F)c2c(N)ncnc21. The highest BCUT2D eigenvalue weighted by Crippen LogP contribution is 2.35. The third kappa shape index (κ3) is 5.30. The topological polar surface area (TPSA) is 123 Å². The lowest BCUT2D eigenvalue weighted by Crippen LogP contribution is -2.39. The summed E-state index contributed by atoms with van der Waals surface area (Å²) in [6, 6.07) is 8.42. The van der Waals surface area contributed by atoms with Gasteiger partial charge in [0, 0.05) is 36.4 Å². The van der Waals surface area contributed by atoms with Gasteiger partial charge in [0.15, 0.2) is 5.65 Å². The maximum atomic E-state index is 15.4.